The molecule has 1 heterocycles. The molecular formula is C11H19BO4. The Morgan fingerprint density at radius 2 is 1.75 bits per heavy atom. The van der Waals surface area contributed by atoms with Crippen molar-refractivity contribution in [3.63, 3.8) is 0 Å². The van der Waals surface area contributed by atoms with Gasteiger partial charge in [-0.25, -0.2) is 0 Å². The van der Waals surface area contributed by atoms with E-state index in [9.17, 15) is 4.79 Å². The fourth-order valence-corrected chi connectivity index (χ4v) is 1.30. The van der Waals surface area contributed by atoms with Gasteiger partial charge in [-0.05, 0) is 27.7 Å². The topological polar surface area (TPSA) is 44.8 Å². The van der Waals surface area contributed by atoms with Crippen LogP contribution in [-0.2, 0) is 18.8 Å². The molecule has 0 amide bonds. The highest BCUT2D eigenvalue weighted by molar-refractivity contribution is 6.51. The molecule has 0 radical (unpaired) electrons. The van der Waals surface area contributed by atoms with E-state index in [0.717, 1.165) is 0 Å². The summed E-state index contributed by atoms with van der Waals surface area (Å²) in [6.07, 6.45) is 1.73. The average molecular weight is 226 g/mol. The maximum atomic E-state index is 10.5. The van der Waals surface area contributed by atoms with Crippen LogP contribution in [0.5, 0.6) is 0 Å². The van der Waals surface area contributed by atoms with Gasteiger partial charge in [-0.2, -0.15) is 0 Å². The molecule has 0 saturated carbocycles. The highest BCUT2D eigenvalue weighted by Gasteiger charge is 2.49. The number of rotatable bonds is 3. The van der Waals surface area contributed by atoms with Gasteiger partial charge in [0.25, 0.3) is 0 Å². The third kappa shape index (κ3) is 3.09. The molecule has 1 fully saturated rings. The number of ether oxygens (including phenoxy) is 1. The first kappa shape index (κ1) is 13.3. The van der Waals surface area contributed by atoms with Gasteiger partial charge in [-0.15, -0.1) is 0 Å². The first-order chi connectivity index (χ1) is 7.24. The lowest BCUT2D eigenvalue weighted by molar-refractivity contribution is -0.139. The van der Waals surface area contributed by atoms with E-state index in [2.05, 4.69) is 0 Å². The Morgan fingerprint density at radius 3 is 2.19 bits per heavy atom. The number of carbonyl (C=O) groups is 1. The summed E-state index contributed by atoms with van der Waals surface area (Å²) in [4.78, 5) is 10.5. The Bertz CT molecular complexity index is 280. The van der Waals surface area contributed by atoms with Crippen molar-refractivity contribution in [2.24, 2.45) is 0 Å². The molecule has 0 aromatic carbocycles. The molecule has 0 aromatic rings. The number of esters is 1. The zero-order chi connectivity index (χ0) is 12.4. The molecule has 16 heavy (non-hydrogen) atoms. The number of hydrogen-bond acceptors (Lipinski definition) is 4. The smallest absolute Gasteiger partial charge is 0.462 e. The van der Waals surface area contributed by atoms with Crippen molar-refractivity contribution in [2.75, 3.05) is 6.61 Å². The van der Waals surface area contributed by atoms with Crippen molar-refractivity contribution in [3.05, 3.63) is 12.1 Å². The fraction of sp³-hybridized carbons (Fsp3) is 0.727. The van der Waals surface area contributed by atoms with Gasteiger partial charge in [0.15, 0.2) is 0 Å². The summed E-state index contributed by atoms with van der Waals surface area (Å²) >= 11 is 0. The summed E-state index contributed by atoms with van der Waals surface area (Å²) in [6, 6.07) is 0. The lowest BCUT2D eigenvalue weighted by atomic mass is 9.90. The van der Waals surface area contributed by atoms with Gasteiger partial charge >= 0.3 is 13.1 Å². The van der Waals surface area contributed by atoms with Crippen molar-refractivity contribution in [1.82, 2.24) is 0 Å². The van der Waals surface area contributed by atoms with E-state index in [4.69, 9.17) is 14.0 Å². The SMILES string of the molecule is CC(=O)OCC=CB1OC(C)(C)C(C)(C)O1. The molecule has 0 aliphatic carbocycles. The van der Waals surface area contributed by atoms with E-state index < -0.39 is 0 Å². The predicted molar refractivity (Wildman–Crippen MR) is 61.9 cm³/mol. The summed E-state index contributed by atoms with van der Waals surface area (Å²) in [6.45, 7) is 9.60. The molecule has 0 spiro atoms. The van der Waals surface area contributed by atoms with Crippen LogP contribution in [0.1, 0.15) is 34.6 Å². The van der Waals surface area contributed by atoms with E-state index in [1.54, 1.807) is 12.1 Å². The van der Waals surface area contributed by atoms with Gasteiger partial charge in [0.2, 0.25) is 0 Å². The maximum Gasteiger partial charge on any atom is 0.486 e. The van der Waals surface area contributed by atoms with Crippen molar-refractivity contribution >= 4 is 13.1 Å². The third-order valence-electron chi connectivity index (χ3n) is 2.95. The molecule has 1 aliphatic rings. The molecule has 5 heteroatoms. The lowest BCUT2D eigenvalue weighted by Crippen LogP contribution is -2.41. The summed E-state index contributed by atoms with van der Waals surface area (Å²) in [7, 11) is -0.374. The van der Waals surface area contributed by atoms with E-state index >= 15 is 0 Å². The fourth-order valence-electron chi connectivity index (χ4n) is 1.30. The molecular weight excluding hydrogens is 207 g/mol. The Kier molecular flexibility index (Phi) is 3.81. The number of carbonyl (C=O) groups excluding carboxylic acids is 1. The van der Waals surface area contributed by atoms with Gasteiger partial charge in [0, 0.05) is 6.92 Å². The van der Waals surface area contributed by atoms with Gasteiger partial charge in [0.1, 0.15) is 6.61 Å². The highest BCUT2D eigenvalue weighted by atomic mass is 16.7. The molecule has 1 rings (SSSR count). The van der Waals surface area contributed by atoms with Crippen LogP contribution in [0.4, 0.5) is 0 Å². The van der Waals surface area contributed by atoms with Crippen molar-refractivity contribution in [3.8, 4) is 0 Å². The number of hydrogen-bond donors (Lipinski definition) is 0. The van der Waals surface area contributed by atoms with Crippen molar-refractivity contribution in [2.45, 2.75) is 45.8 Å². The summed E-state index contributed by atoms with van der Waals surface area (Å²) in [5, 5.41) is 0. The van der Waals surface area contributed by atoms with Gasteiger partial charge in [-0.1, -0.05) is 12.1 Å². The van der Waals surface area contributed by atoms with Crippen LogP contribution in [0.3, 0.4) is 0 Å². The lowest BCUT2D eigenvalue weighted by Gasteiger charge is -2.32. The van der Waals surface area contributed by atoms with Crippen molar-refractivity contribution in [1.29, 1.82) is 0 Å². The molecule has 0 unspecified atom stereocenters. The zero-order valence-electron chi connectivity index (χ0n) is 10.6. The zero-order valence-corrected chi connectivity index (χ0v) is 10.6. The molecule has 0 bridgehead atoms. The minimum atomic E-state index is -0.374. The van der Waals surface area contributed by atoms with Crippen LogP contribution < -0.4 is 0 Å². The van der Waals surface area contributed by atoms with Crippen LogP contribution >= 0.6 is 0 Å². The minimum Gasteiger partial charge on any atom is -0.462 e. The van der Waals surface area contributed by atoms with Crippen LogP contribution in [0.15, 0.2) is 12.1 Å². The molecule has 1 aliphatic heterocycles. The van der Waals surface area contributed by atoms with E-state index in [0.29, 0.717) is 0 Å². The summed E-state index contributed by atoms with van der Waals surface area (Å²) in [5.74, 6) is 1.47. The predicted octanol–water partition coefficient (Wildman–Crippen LogP) is 1.74. The molecule has 0 N–H and O–H groups in total. The largest absolute Gasteiger partial charge is 0.486 e. The molecule has 1 saturated heterocycles. The average Bonchev–Trinajstić information content (AvgIpc) is 2.29. The van der Waals surface area contributed by atoms with Crippen molar-refractivity contribution < 1.29 is 18.8 Å². The van der Waals surface area contributed by atoms with Crippen LogP contribution in [0.25, 0.3) is 0 Å². The first-order valence-corrected chi connectivity index (χ1v) is 5.40. The summed E-state index contributed by atoms with van der Waals surface area (Å²) < 4.78 is 16.2. The van der Waals surface area contributed by atoms with E-state index in [1.807, 2.05) is 27.7 Å². The van der Waals surface area contributed by atoms with E-state index in [-0.39, 0.29) is 30.9 Å². The normalized spacial score (nSPS) is 22.7. The Hall–Kier alpha value is -0.805. The second kappa shape index (κ2) is 4.59. The van der Waals surface area contributed by atoms with Crippen LogP contribution in [0, 0.1) is 0 Å². The minimum absolute atomic E-state index is 0.249. The van der Waals surface area contributed by atoms with Crippen LogP contribution in [-0.4, -0.2) is 30.9 Å². The summed E-state index contributed by atoms with van der Waals surface area (Å²) in [5.41, 5.74) is -0.660. The Balaban J connectivity index is 2.45. The third-order valence-corrected chi connectivity index (χ3v) is 2.95. The first-order valence-electron chi connectivity index (χ1n) is 5.40. The quantitative estimate of drug-likeness (QED) is 0.543. The second-order valence-corrected chi connectivity index (χ2v) is 4.86. The monoisotopic (exact) mass is 226 g/mol. The Morgan fingerprint density at radius 1 is 1.25 bits per heavy atom. The molecule has 90 valence electrons. The van der Waals surface area contributed by atoms with E-state index in [1.165, 1.54) is 6.92 Å². The van der Waals surface area contributed by atoms with Crippen LogP contribution in [0.2, 0.25) is 0 Å². The highest BCUT2D eigenvalue weighted by Crippen LogP contribution is 2.36. The standard InChI is InChI=1S/C11H19BO4/c1-9(13)14-8-6-7-12-15-10(2,3)11(4,5)16-12/h6-7H,8H2,1-5H3. The Labute approximate surface area is 97.1 Å². The van der Waals surface area contributed by atoms with Gasteiger partial charge < -0.3 is 14.0 Å². The molecule has 4 nitrogen and oxygen atoms in total. The maximum absolute atomic E-state index is 10.5. The van der Waals surface area contributed by atoms with Gasteiger partial charge in [-0.3, -0.25) is 4.79 Å². The molecule has 0 aromatic heterocycles. The second-order valence-electron chi connectivity index (χ2n) is 4.86. The van der Waals surface area contributed by atoms with Gasteiger partial charge in [0.05, 0.1) is 11.2 Å². The molecule has 0 atom stereocenters.